The van der Waals surface area contributed by atoms with Crippen LogP contribution in [0.15, 0.2) is 24.3 Å². The monoisotopic (exact) mass is 366 g/mol. The molecular formula is C20H30O6. The van der Waals surface area contributed by atoms with Gasteiger partial charge in [-0.15, -0.1) is 0 Å². The molecule has 0 radical (unpaired) electrons. The van der Waals surface area contributed by atoms with E-state index in [1.54, 1.807) is 19.1 Å². The van der Waals surface area contributed by atoms with Crippen molar-refractivity contribution < 1.29 is 29.1 Å². The van der Waals surface area contributed by atoms with Crippen LogP contribution in [0.4, 0.5) is 4.79 Å². The number of benzene rings is 1. The quantitative estimate of drug-likeness (QED) is 0.209. The molecule has 26 heavy (non-hydrogen) atoms. The number of hydrogen-bond donors (Lipinski definition) is 0. The Balaban J connectivity index is 2.22. The van der Waals surface area contributed by atoms with Gasteiger partial charge in [-0.1, -0.05) is 51.7 Å². The fraction of sp³-hybridized carbons (Fsp3) is 0.600. The van der Waals surface area contributed by atoms with E-state index < -0.39 is 12.1 Å². The largest absolute Gasteiger partial charge is 0.543 e. The maximum Gasteiger partial charge on any atom is 0.543 e. The first kappa shape index (κ1) is 22.0. The third-order valence-corrected chi connectivity index (χ3v) is 3.98. The van der Waals surface area contributed by atoms with Crippen LogP contribution in [0.25, 0.3) is 0 Å². The van der Waals surface area contributed by atoms with Gasteiger partial charge in [-0.2, -0.15) is 0 Å². The molecule has 0 N–H and O–H groups in total. The Bertz CT molecular complexity index is 526. The molecule has 1 atom stereocenters. The van der Waals surface area contributed by atoms with Gasteiger partial charge in [0.15, 0.2) is 0 Å². The van der Waals surface area contributed by atoms with Crippen LogP contribution < -0.4 is 0 Å². The molecule has 1 aromatic carbocycles. The van der Waals surface area contributed by atoms with Crippen LogP contribution in [-0.4, -0.2) is 18.2 Å². The molecule has 1 unspecified atom stereocenters. The van der Waals surface area contributed by atoms with E-state index in [0.717, 1.165) is 56.9 Å². The maximum absolute atomic E-state index is 11.8. The molecule has 6 nitrogen and oxygen atoms in total. The summed E-state index contributed by atoms with van der Waals surface area (Å²) in [4.78, 5) is 32.0. The fourth-order valence-electron chi connectivity index (χ4n) is 2.41. The second-order valence-corrected chi connectivity index (χ2v) is 6.35. The van der Waals surface area contributed by atoms with Gasteiger partial charge in [0.05, 0.1) is 10.6 Å². The van der Waals surface area contributed by atoms with Crippen molar-refractivity contribution >= 4 is 12.1 Å². The van der Waals surface area contributed by atoms with Gasteiger partial charge >= 0.3 is 12.1 Å². The van der Waals surface area contributed by atoms with Crippen molar-refractivity contribution in [3.8, 4) is 0 Å². The van der Waals surface area contributed by atoms with E-state index in [1.807, 2.05) is 12.1 Å². The Hall–Kier alpha value is -2.08. The number of hydrogen-bond acceptors (Lipinski definition) is 6. The molecule has 1 aromatic rings. The van der Waals surface area contributed by atoms with Crippen LogP contribution in [0.5, 0.6) is 0 Å². The topological polar surface area (TPSA) is 71.1 Å². The average molecular weight is 366 g/mol. The van der Waals surface area contributed by atoms with E-state index in [-0.39, 0.29) is 6.10 Å². The van der Waals surface area contributed by atoms with Gasteiger partial charge in [-0.25, -0.2) is 14.5 Å². The Labute approximate surface area is 155 Å². The first-order chi connectivity index (χ1) is 12.6. The van der Waals surface area contributed by atoms with Crippen molar-refractivity contribution in [2.45, 2.75) is 78.2 Å². The SMILES string of the molecule is CCCCCCC(C)OC(=O)OOOC(=O)c1ccc(CCCC)cc1. The summed E-state index contributed by atoms with van der Waals surface area (Å²) in [6, 6.07) is 7.02. The molecule has 0 aromatic heterocycles. The lowest BCUT2D eigenvalue weighted by molar-refractivity contribution is -0.452. The van der Waals surface area contributed by atoms with Crippen molar-refractivity contribution in [1.82, 2.24) is 0 Å². The summed E-state index contributed by atoms with van der Waals surface area (Å²) in [6.07, 6.45) is 7.00. The number of aryl methyl sites for hydroxylation is 1. The maximum atomic E-state index is 11.8. The van der Waals surface area contributed by atoms with Crippen LogP contribution in [0.3, 0.4) is 0 Å². The van der Waals surface area contributed by atoms with Crippen LogP contribution in [0.1, 0.15) is 81.6 Å². The van der Waals surface area contributed by atoms with Gasteiger partial charge in [0.2, 0.25) is 0 Å². The molecular weight excluding hydrogens is 336 g/mol. The summed E-state index contributed by atoms with van der Waals surface area (Å²) in [7, 11) is 0. The fourth-order valence-corrected chi connectivity index (χ4v) is 2.41. The van der Waals surface area contributed by atoms with Gasteiger partial charge in [0.1, 0.15) is 6.10 Å². The van der Waals surface area contributed by atoms with E-state index in [0.29, 0.717) is 5.56 Å². The van der Waals surface area contributed by atoms with Crippen molar-refractivity contribution in [1.29, 1.82) is 0 Å². The lowest BCUT2D eigenvalue weighted by Gasteiger charge is -2.11. The molecule has 0 aliphatic carbocycles. The minimum absolute atomic E-state index is 0.283. The summed E-state index contributed by atoms with van der Waals surface area (Å²) in [5, 5.41) is 4.23. The molecule has 0 saturated carbocycles. The lowest BCUT2D eigenvalue weighted by Crippen LogP contribution is -2.17. The molecule has 0 amide bonds. The zero-order valence-electron chi connectivity index (χ0n) is 16.0. The van der Waals surface area contributed by atoms with E-state index >= 15 is 0 Å². The molecule has 1 rings (SSSR count). The minimum Gasteiger partial charge on any atom is -0.429 e. The minimum atomic E-state index is -1.03. The van der Waals surface area contributed by atoms with Crippen molar-refractivity contribution in [3.63, 3.8) is 0 Å². The van der Waals surface area contributed by atoms with Gasteiger partial charge < -0.3 is 4.74 Å². The number of carbonyl (C=O) groups is 2. The van der Waals surface area contributed by atoms with Crippen LogP contribution in [0, 0.1) is 0 Å². The van der Waals surface area contributed by atoms with Gasteiger partial charge in [-0.3, -0.25) is 4.89 Å². The zero-order chi connectivity index (χ0) is 19.2. The molecule has 0 bridgehead atoms. The molecule has 0 heterocycles. The highest BCUT2D eigenvalue weighted by Gasteiger charge is 2.14. The van der Waals surface area contributed by atoms with E-state index in [4.69, 9.17) is 4.74 Å². The number of unbranched alkanes of at least 4 members (excludes halogenated alkanes) is 4. The molecule has 0 aliphatic rings. The Morgan fingerprint density at radius 3 is 2.27 bits per heavy atom. The van der Waals surface area contributed by atoms with Gasteiger partial charge in [0.25, 0.3) is 0 Å². The molecule has 0 fully saturated rings. The summed E-state index contributed by atoms with van der Waals surface area (Å²) in [5.74, 6) is -0.743. The molecule has 0 aliphatic heterocycles. The Morgan fingerprint density at radius 2 is 1.62 bits per heavy atom. The van der Waals surface area contributed by atoms with Crippen LogP contribution >= 0.6 is 0 Å². The van der Waals surface area contributed by atoms with Crippen molar-refractivity contribution in [2.75, 3.05) is 0 Å². The summed E-state index contributed by atoms with van der Waals surface area (Å²) in [5.41, 5.74) is 1.46. The highest BCUT2D eigenvalue weighted by atomic mass is 17.5. The molecule has 0 saturated heterocycles. The predicted molar refractivity (Wildman–Crippen MR) is 97.3 cm³/mol. The normalized spacial score (nSPS) is 11.7. The third-order valence-electron chi connectivity index (χ3n) is 3.98. The molecule has 146 valence electrons. The van der Waals surface area contributed by atoms with Crippen molar-refractivity contribution in [2.24, 2.45) is 0 Å². The standard InChI is InChI=1S/C20H30O6/c1-4-6-8-9-10-16(3)23-20(22)25-26-24-19(21)18-14-12-17(13-15-18)11-7-5-2/h12-16H,4-11H2,1-3H3. The van der Waals surface area contributed by atoms with Crippen molar-refractivity contribution in [3.05, 3.63) is 35.4 Å². The van der Waals surface area contributed by atoms with E-state index in [1.165, 1.54) is 0 Å². The number of carbonyl (C=O) groups excluding carboxylic acids is 2. The Kier molecular flexibility index (Phi) is 11.1. The smallest absolute Gasteiger partial charge is 0.429 e. The molecule has 0 spiro atoms. The average Bonchev–Trinajstić information content (AvgIpc) is 2.64. The van der Waals surface area contributed by atoms with Crippen LogP contribution in [-0.2, 0) is 26.0 Å². The second-order valence-electron chi connectivity index (χ2n) is 6.35. The number of rotatable bonds is 12. The third kappa shape index (κ3) is 9.42. The summed E-state index contributed by atoms with van der Waals surface area (Å²) >= 11 is 0. The summed E-state index contributed by atoms with van der Waals surface area (Å²) in [6.45, 7) is 6.04. The second kappa shape index (κ2) is 13.2. The highest BCUT2D eigenvalue weighted by molar-refractivity contribution is 5.88. The van der Waals surface area contributed by atoms with E-state index in [2.05, 4.69) is 28.7 Å². The number of ether oxygens (including phenoxy) is 1. The van der Waals surface area contributed by atoms with Gasteiger partial charge in [0, 0.05) is 0 Å². The lowest BCUT2D eigenvalue weighted by atomic mass is 10.1. The van der Waals surface area contributed by atoms with E-state index in [9.17, 15) is 9.59 Å². The van der Waals surface area contributed by atoms with Crippen LogP contribution in [0.2, 0.25) is 0 Å². The van der Waals surface area contributed by atoms with Gasteiger partial charge in [-0.05, 0) is 50.3 Å². The first-order valence-corrected chi connectivity index (χ1v) is 9.41. The zero-order valence-corrected chi connectivity index (χ0v) is 16.0. The Morgan fingerprint density at radius 1 is 0.923 bits per heavy atom. The first-order valence-electron chi connectivity index (χ1n) is 9.41. The molecule has 6 heteroatoms. The predicted octanol–water partition coefficient (Wildman–Crippen LogP) is 5.54. The highest BCUT2D eigenvalue weighted by Crippen LogP contribution is 2.10. The summed E-state index contributed by atoms with van der Waals surface area (Å²) < 4.78 is 4.99.